The molecule has 1 fully saturated rings. The second-order valence-corrected chi connectivity index (χ2v) is 8.21. The molecule has 0 aromatic heterocycles. The minimum Gasteiger partial charge on any atom is -0.465 e. The Balaban J connectivity index is 1.57. The largest absolute Gasteiger partial charge is 0.465 e. The highest BCUT2D eigenvalue weighted by molar-refractivity contribution is 6.10. The van der Waals surface area contributed by atoms with E-state index in [1.807, 2.05) is 12.1 Å². The number of nitrogens with one attached hydrogen (secondary N) is 1. The van der Waals surface area contributed by atoms with Crippen LogP contribution in [-0.4, -0.2) is 35.1 Å². The summed E-state index contributed by atoms with van der Waals surface area (Å²) in [6.45, 7) is 0.907. The van der Waals surface area contributed by atoms with E-state index in [9.17, 15) is 22.8 Å². The standard InChI is InChI=1S/C26H23F3N2O3/c27-26(28,29)22-8-4-7-21(19-5-2-1-3-6-19)23(22)24(32)30-20-11-9-17(10-12-20)18-13-15-31(16-14-18)25(33)34/h1-12,18H,13-16H2,(H,30,32)(H,33,34). The number of halogens is 3. The highest BCUT2D eigenvalue weighted by Gasteiger charge is 2.36. The quantitative estimate of drug-likeness (QED) is 0.460. The first-order valence-corrected chi connectivity index (χ1v) is 10.9. The van der Waals surface area contributed by atoms with Gasteiger partial charge in [-0.05, 0) is 53.6 Å². The summed E-state index contributed by atoms with van der Waals surface area (Å²) >= 11 is 0. The zero-order valence-corrected chi connectivity index (χ0v) is 18.2. The third kappa shape index (κ3) is 5.06. The molecule has 3 aromatic carbocycles. The van der Waals surface area contributed by atoms with Gasteiger partial charge in [0.2, 0.25) is 0 Å². The zero-order chi connectivity index (χ0) is 24.3. The molecule has 0 atom stereocenters. The molecule has 1 aliphatic heterocycles. The fourth-order valence-corrected chi connectivity index (χ4v) is 4.33. The highest BCUT2D eigenvalue weighted by Crippen LogP contribution is 2.37. The van der Waals surface area contributed by atoms with E-state index in [1.54, 1.807) is 42.5 Å². The lowest BCUT2D eigenvalue weighted by atomic mass is 9.89. The first-order valence-electron chi connectivity index (χ1n) is 10.9. The van der Waals surface area contributed by atoms with Crippen LogP contribution >= 0.6 is 0 Å². The molecule has 0 aliphatic carbocycles. The monoisotopic (exact) mass is 468 g/mol. The maximum absolute atomic E-state index is 13.8. The van der Waals surface area contributed by atoms with Gasteiger partial charge in [-0.15, -0.1) is 0 Å². The molecule has 2 amide bonds. The lowest BCUT2D eigenvalue weighted by Gasteiger charge is -2.30. The third-order valence-corrected chi connectivity index (χ3v) is 6.09. The van der Waals surface area contributed by atoms with Gasteiger partial charge in [-0.1, -0.05) is 54.6 Å². The van der Waals surface area contributed by atoms with E-state index >= 15 is 0 Å². The number of hydrogen-bond acceptors (Lipinski definition) is 2. The van der Waals surface area contributed by atoms with Gasteiger partial charge in [-0.2, -0.15) is 13.2 Å². The fraction of sp³-hybridized carbons (Fsp3) is 0.231. The Morgan fingerprint density at radius 1 is 0.882 bits per heavy atom. The van der Waals surface area contributed by atoms with Crippen molar-refractivity contribution in [3.63, 3.8) is 0 Å². The van der Waals surface area contributed by atoms with Crippen LogP contribution in [0, 0.1) is 0 Å². The second-order valence-electron chi connectivity index (χ2n) is 8.21. The molecule has 0 spiro atoms. The summed E-state index contributed by atoms with van der Waals surface area (Å²) in [6.07, 6.45) is -4.23. The lowest BCUT2D eigenvalue weighted by Crippen LogP contribution is -2.36. The number of piperidine rings is 1. The highest BCUT2D eigenvalue weighted by atomic mass is 19.4. The van der Waals surface area contributed by atoms with Gasteiger partial charge in [-0.3, -0.25) is 4.79 Å². The number of carbonyl (C=O) groups excluding carboxylic acids is 1. The molecular weight excluding hydrogens is 445 g/mol. The van der Waals surface area contributed by atoms with Crippen molar-refractivity contribution in [1.82, 2.24) is 4.90 Å². The van der Waals surface area contributed by atoms with Crippen LogP contribution in [0.1, 0.15) is 40.2 Å². The molecule has 1 saturated heterocycles. The van der Waals surface area contributed by atoms with Crippen LogP contribution in [0.4, 0.5) is 23.7 Å². The maximum atomic E-state index is 13.8. The number of carboxylic acid groups (broad SMARTS) is 1. The van der Waals surface area contributed by atoms with Crippen LogP contribution in [0.25, 0.3) is 11.1 Å². The van der Waals surface area contributed by atoms with Gasteiger partial charge in [0, 0.05) is 18.8 Å². The third-order valence-electron chi connectivity index (χ3n) is 6.09. The van der Waals surface area contributed by atoms with E-state index in [0.29, 0.717) is 37.2 Å². The van der Waals surface area contributed by atoms with E-state index in [2.05, 4.69) is 5.32 Å². The summed E-state index contributed by atoms with van der Waals surface area (Å²) in [4.78, 5) is 25.6. The van der Waals surface area contributed by atoms with Gasteiger partial charge in [0.15, 0.2) is 0 Å². The van der Waals surface area contributed by atoms with Crippen molar-refractivity contribution >= 4 is 17.7 Å². The number of hydrogen-bond donors (Lipinski definition) is 2. The first kappa shape index (κ1) is 23.4. The van der Waals surface area contributed by atoms with E-state index in [0.717, 1.165) is 11.6 Å². The van der Waals surface area contributed by atoms with E-state index in [4.69, 9.17) is 5.11 Å². The van der Waals surface area contributed by atoms with Crippen molar-refractivity contribution in [2.24, 2.45) is 0 Å². The summed E-state index contributed by atoms with van der Waals surface area (Å²) in [5, 5.41) is 11.7. The Morgan fingerprint density at radius 3 is 2.12 bits per heavy atom. The lowest BCUT2D eigenvalue weighted by molar-refractivity contribution is -0.137. The predicted octanol–water partition coefficient (Wildman–Crippen LogP) is 6.48. The van der Waals surface area contributed by atoms with Gasteiger partial charge < -0.3 is 15.3 Å². The Kier molecular flexibility index (Phi) is 6.58. The molecule has 1 heterocycles. The van der Waals surface area contributed by atoms with Crippen LogP contribution in [0.15, 0.2) is 72.8 Å². The molecule has 0 saturated carbocycles. The molecule has 176 valence electrons. The average molecular weight is 468 g/mol. The number of benzene rings is 3. The van der Waals surface area contributed by atoms with Gasteiger partial charge in [0.05, 0.1) is 11.1 Å². The maximum Gasteiger partial charge on any atom is 0.417 e. The molecule has 5 nitrogen and oxygen atoms in total. The molecular formula is C26H23F3N2O3. The predicted molar refractivity (Wildman–Crippen MR) is 123 cm³/mol. The Labute approximate surface area is 194 Å². The van der Waals surface area contributed by atoms with Crippen molar-refractivity contribution < 1.29 is 27.9 Å². The van der Waals surface area contributed by atoms with Gasteiger partial charge in [0.1, 0.15) is 0 Å². The van der Waals surface area contributed by atoms with Crippen LogP contribution in [-0.2, 0) is 6.18 Å². The fourth-order valence-electron chi connectivity index (χ4n) is 4.33. The normalized spacial score (nSPS) is 14.6. The first-order chi connectivity index (χ1) is 16.2. The number of carbonyl (C=O) groups is 2. The van der Waals surface area contributed by atoms with Crippen LogP contribution in [0.3, 0.4) is 0 Å². The SMILES string of the molecule is O=C(Nc1ccc(C2CCN(C(=O)O)CC2)cc1)c1c(-c2ccccc2)cccc1C(F)(F)F. The van der Waals surface area contributed by atoms with E-state index in [-0.39, 0.29) is 11.5 Å². The summed E-state index contributed by atoms with van der Waals surface area (Å²) in [5.74, 6) is -0.648. The Morgan fingerprint density at radius 2 is 1.53 bits per heavy atom. The minimum absolute atomic E-state index is 0.191. The number of likely N-dealkylation sites (tertiary alicyclic amines) is 1. The van der Waals surface area contributed by atoms with Crippen molar-refractivity contribution in [2.45, 2.75) is 24.9 Å². The van der Waals surface area contributed by atoms with Gasteiger partial charge in [0.25, 0.3) is 5.91 Å². The molecule has 1 aliphatic rings. The van der Waals surface area contributed by atoms with Crippen molar-refractivity contribution in [3.8, 4) is 11.1 Å². The number of rotatable bonds is 4. The smallest absolute Gasteiger partial charge is 0.417 e. The number of alkyl halides is 3. The van der Waals surface area contributed by atoms with Crippen LogP contribution < -0.4 is 5.32 Å². The average Bonchev–Trinajstić information content (AvgIpc) is 2.84. The molecule has 0 bridgehead atoms. The van der Waals surface area contributed by atoms with Gasteiger partial charge in [-0.25, -0.2) is 4.79 Å². The van der Waals surface area contributed by atoms with Gasteiger partial charge >= 0.3 is 12.3 Å². The summed E-state index contributed by atoms with van der Waals surface area (Å²) in [6, 6.07) is 19.2. The van der Waals surface area contributed by atoms with Crippen LogP contribution in [0.5, 0.6) is 0 Å². The Hall–Kier alpha value is -3.81. The minimum atomic E-state index is -4.69. The molecule has 4 rings (SSSR count). The number of nitrogens with zero attached hydrogens (tertiary/aromatic N) is 1. The topological polar surface area (TPSA) is 69.6 Å². The van der Waals surface area contributed by atoms with Crippen molar-refractivity contribution in [1.29, 1.82) is 0 Å². The number of amides is 2. The van der Waals surface area contributed by atoms with Crippen LogP contribution in [0.2, 0.25) is 0 Å². The Bertz CT molecular complexity index is 1170. The molecule has 0 unspecified atom stereocenters. The van der Waals surface area contributed by atoms with E-state index < -0.39 is 29.3 Å². The molecule has 34 heavy (non-hydrogen) atoms. The molecule has 8 heteroatoms. The second kappa shape index (κ2) is 9.59. The molecule has 0 radical (unpaired) electrons. The van der Waals surface area contributed by atoms with Crippen molar-refractivity contribution in [3.05, 3.63) is 89.5 Å². The van der Waals surface area contributed by atoms with E-state index in [1.165, 1.54) is 17.0 Å². The zero-order valence-electron chi connectivity index (χ0n) is 18.2. The number of anilines is 1. The summed E-state index contributed by atoms with van der Waals surface area (Å²) < 4.78 is 41.3. The summed E-state index contributed by atoms with van der Waals surface area (Å²) in [5.41, 5.74) is 0.687. The van der Waals surface area contributed by atoms with Crippen molar-refractivity contribution in [2.75, 3.05) is 18.4 Å². The molecule has 2 N–H and O–H groups in total. The molecule has 3 aromatic rings. The summed E-state index contributed by atoms with van der Waals surface area (Å²) in [7, 11) is 0.